The molecule has 0 radical (unpaired) electrons. The molecule has 1 heterocycles. The molecule has 8 heteroatoms. The second-order valence-corrected chi connectivity index (χ2v) is 6.34. The van der Waals surface area contributed by atoms with Gasteiger partial charge in [0.2, 0.25) is 0 Å². The van der Waals surface area contributed by atoms with Gasteiger partial charge in [-0.05, 0) is 48.9 Å². The monoisotopic (exact) mass is 405 g/mol. The van der Waals surface area contributed by atoms with Gasteiger partial charge in [-0.3, -0.25) is 4.79 Å². The number of rotatable bonds is 5. The van der Waals surface area contributed by atoms with Crippen LogP contribution < -0.4 is 14.8 Å². The number of anilines is 1. The quantitative estimate of drug-likeness (QED) is 0.604. The normalized spacial score (nSPS) is 13.8. The molecule has 0 spiro atoms. The lowest BCUT2D eigenvalue weighted by Gasteiger charge is -2.18. The van der Waals surface area contributed by atoms with Gasteiger partial charge in [0, 0.05) is 6.08 Å². The summed E-state index contributed by atoms with van der Waals surface area (Å²) in [5.41, 5.74) is 0.944. The molecule has 1 aliphatic rings. The zero-order chi connectivity index (χ0) is 20.1. The number of hydrogen-bond donors (Lipinski definition) is 1. The van der Waals surface area contributed by atoms with E-state index in [1.807, 2.05) is 0 Å². The molecular formula is C20H17ClFNO5. The predicted octanol–water partition coefficient (Wildman–Crippen LogP) is 3.83. The Labute approximate surface area is 165 Å². The highest BCUT2D eigenvalue weighted by Gasteiger charge is 2.18. The van der Waals surface area contributed by atoms with Crippen LogP contribution in [0.5, 0.6) is 11.5 Å². The van der Waals surface area contributed by atoms with Crippen LogP contribution in [0.1, 0.15) is 12.5 Å². The SMILES string of the molecule is C[C@H](OC(=O)/C=C/c1ccc2c(c1)OCCO2)C(=O)Nc1ccc(F)cc1Cl. The Balaban J connectivity index is 1.56. The van der Waals surface area contributed by atoms with E-state index in [-0.39, 0.29) is 10.7 Å². The van der Waals surface area contributed by atoms with Crippen molar-refractivity contribution in [2.75, 3.05) is 18.5 Å². The molecule has 0 saturated heterocycles. The van der Waals surface area contributed by atoms with Crippen LogP contribution in [0.25, 0.3) is 6.08 Å². The van der Waals surface area contributed by atoms with Gasteiger partial charge in [-0.2, -0.15) is 0 Å². The van der Waals surface area contributed by atoms with Gasteiger partial charge in [0.05, 0.1) is 10.7 Å². The second-order valence-electron chi connectivity index (χ2n) is 5.93. The summed E-state index contributed by atoms with van der Waals surface area (Å²) in [5.74, 6) is -0.550. The first-order chi connectivity index (χ1) is 13.4. The van der Waals surface area contributed by atoms with Gasteiger partial charge in [-0.25, -0.2) is 9.18 Å². The van der Waals surface area contributed by atoms with Gasteiger partial charge in [-0.15, -0.1) is 0 Å². The van der Waals surface area contributed by atoms with Crippen molar-refractivity contribution in [3.63, 3.8) is 0 Å². The lowest BCUT2D eigenvalue weighted by Crippen LogP contribution is -2.29. The van der Waals surface area contributed by atoms with E-state index >= 15 is 0 Å². The number of ether oxygens (including phenoxy) is 3. The van der Waals surface area contributed by atoms with E-state index in [1.165, 1.54) is 19.1 Å². The smallest absolute Gasteiger partial charge is 0.331 e. The third kappa shape index (κ3) is 5.01. The first-order valence-corrected chi connectivity index (χ1v) is 8.84. The summed E-state index contributed by atoms with van der Waals surface area (Å²) in [6, 6.07) is 8.82. The summed E-state index contributed by atoms with van der Waals surface area (Å²) in [6.07, 6.45) is 1.68. The molecule has 0 bridgehead atoms. The molecule has 1 N–H and O–H groups in total. The number of benzene rings is 2. The maximum atomic E-state index is 13.0. The summed E-state index contributed by atoms with van der Waals surface area (Å²) in [4.78, 5) is 24.1. The van der Waals surface area contributed by atoms with Gasteiger partial charge in [-0.1, -0.05) is 17.7 Å². The predicted molar refractivity (Wildman–Crippen MR) is 102 cm³/mol. The highest BCUT2D eigenvalue weighted by atomic mass is 35.5. The molecule has 0 unspecified atom stereocenters. The Morgan fingerprint density at radius 3 is 2.68 bits per heavy atom. The van der Waals surface area contributed by atoms with Gasteiger partial charge in [0.25, 0.3) is 5.91 Å². The van der Waals surface area contributed by atoms with Crippen molar-refractivity contribution in [2.24, 2.45) is 0 Å². The number of esters is 1. The maximum absolute atomic E-state index is 13.0. The molecule has 1 amide bonds. The average Bonchev–Trinajstić information content (AvgIpc) is 2.68. The Bertz CT molecular complexity index is 931. The number of carbonyl (C=O) groups is 2. The first kappa shape index (κ1) is 19.7. The van der Waals surface area contributed by atoms with Gasteiger partial charge in [0.15, 0.2) is 17.6 Å². The lowest BCUT2D eigenvalue weighted by atomic mass is 10.2. The molecule has 1 aliphatic heterocycles. The third-order valence-corrected chi connectivity index (χ3v) is 4.14. The molecule has 1 atom stereocenters. The fourth-order valence-corrected chi connectivity index (χ4v) is 2.63. The van der Waals surface area contributed by atoms with Crippen LogP contribution in [0.15, 0.2) is 42.5 Å². The van der Waals surface area contributed by atoms with Crippen molar-refractivity contribution in [3.05, 3.63) is 58.9 Å². The Morgan fingerprint density at radius 1 is 1.18 bits per heavy atom. The van der Waals surface area contributed by atoms with Crippen LogP contribution in [-0.2, 0) is 14.3 Å². The van der Waals surface area contributed by atoms with Crippen LogP contribution in [0.3, 0.4) is 0 Å². The summed E-state index contributed by atoms with van der Waals surface area (Å²) in [5, 5.41) is 2.53. The largest absolute Gasteiger partial charge is 0.486 e. The van der Waals surface area contributed by atoms with Crippen molar-refractivity contribution < 1.29 is 28.2 Å². The summed E-state index contributed by atoms with van der Waals surface area (Å²) in [7, 11) is 0. The number of amides is 1. The van der Waals surface area contributed by atoms with E-state index < -0.39 is 23.8 Å². The van der Waals surface area contributed by atoms with Crippen molar-refractivity contribution in [2.45, 2.75) is 13.0 Å². The van der Waals surface area contributed by atoms with Crippen LogP contribution in [-0.4, -0.2) is 31.2 Å². The van der Waals surface area contributed by atoms with Crippen molar-refractivity contribution in [1.29, 1.82) is 0 Å². The molecule has 0 fully saturated rings. The fourth-order valence-electron chi connectivity index (χ4n) is 2.42. The van der Waals surface area contributed by atoms with E-state index in [9.17, 15) is 14.0 Å². The molecule has 6 nitrogen and oxygen atoms in total. The number of fused-ring (bicyclic) bond motifs is 1. The van der Waals surface area contributed by atoms with E-state index in [1.54, 1.807) is 24.3 Å². The molecule has 3 rings (SSSR count). The second kappa shape index (κ2) is 8.75. The van der Waals surface area contributed by atoms with Crippen LogP contribution in [0.2, 0.25) is 5.02 Å². The van der Waals surface area contributed by atoms with E-state index in [0.29, 0.717) is 24.7 Å². The zero-order valence-electron chi connectivity index (χ0n) is 14.9. The average molecular weight is 406 g/mol. The summed E-state index contributed by atoms with van der Waals surface area (Å²) in [6.45, 7) is 2.38. The lowest BCUT2D eigenvalue weighted by molar-refractivity contribution is -0.148. The fraction of sp³-hybridized carbons (Fsp3) is 0.200. The zero-order valence-corrected chi connectivity index (χ0v) is 15.7. The minimum Gasteiger partial charge on any atom is -0.486 e. The topological polar surface area (TPSA) is 73.9 Å². The molecule has 146 valence electrons. The molecule has 0 saturated carbocycles. The Kier molecular flexibility index (Phi) is 6.16. The van der Waals surface area contributed by atoms with E-state index in [4.69, 9.17) is 25.8 Å². The van der Waals surface area contributed by atoms with Crippen LogP contribution in [0.4, 0.5) is 10.1 Å². The summed E-state index contributed by atoms with van der Waals surface area (Å²) >= 11 is 5.86. The molecule has 2 aromatic carbocycles. The minimum absolute atomic E-state index is 0.0466. The van der Waals surface area contributed by atoms with Gasteiger partial charge in [0.1, 0.15) is 19.0 Å². The van der Waals surface area contributed by atoms with Crippen molar-refractivity contribution in [1.82, 2.24) is 0 Å². The summed E-state index contributed by atoms with van der Waals surface area (Å²) < 4.78 is 29.0. The van der Waals surface area contributed by atoms with Gasteiger partial charge >= 0.3 is 5.97 Å². The van der Waals surface area contributed by atoms with Crippen LogP contribution in [0, 0.1) is 5.82 Å². The van der Waals surface area contributed by atoms with E-state index in [0.717, 1.165) is 17.7 Å². The maximum Gasteiger partial charge on any atom is 0.331 e. The standard InChI is InChI=1S/C20H17ClFNO5/c1-12(20(25)23-16-5-4-14(22)11-15(16)21)28-19(24)7-3-13-2-6-17-18(10-13)27-9-8-26-17/h2-7,10-12H,8-9H2,1H3,(H,23,25)/b7-3+/t12-/m0/s1. The molecule has 28 heavy (non-hydrogen) atoms. The number of carbonyl (C=O) groups excluding carboxylic acids is 2. The Morgan fingerprint density at radius 2 is 1.93 bits per heavy atom. The molecule has 0 aromatic heterocycles. The highest BCUT2D eigenvalue weighted by Crippen LogP contribution is 2.31. The third-order valence-electron chi connectivity index (χ3n) is 3.83. The number of hydrogen-bond acceptors (Lipinski definition) is 5. The number of halogens is 2. The molecular weight excluding hydrogens is 389 g/mol. The molecule has 0 aliphatic carbocycles. The highest BCUT2D eigenvalue weighted by molar-refractivity contribution is 6.33. The van der Waals surface area contributed by atoms with Crippen molar-refractivity contribution in [3.8, 4) is 11.5 Å². The Hall–Kier alpha value is -3.06. The number of nitrogens with one attached hydrogen (secondary N) is 1. The molecule has 2 aromatic rings. The van der Waals surface area contributed by atoms with Crippen LogP contribution >= 0.6 is 11.6 Å². The minimum atomic E-state index is -1.07. The van der Waals surface area contributed by atoms with E-state index in [2.05, 4.69) is 5.32 Å². The van der Waals surface area contributed by atoms with Crippen molar-refractivity contribution >= 4 is 35.2 Å². The first-order valence-electron chi connectivity index (χ1n) is 8.46. The van der Waals surface area contributed by atoms with Gasteiger partial charge < -0.3 is 19.5 Å².